The van der Waals surface area contributed by atoms with Crippen LogP contribution in [-0.2, 0) is 12.8 Å². The zero-order valence-corrected chi connectivity index (χ0v) is 13.2. The highest BCUT2D eigenvalue weighted by molar-refractivity contribution is 5.34. The van der Waals surface area contributed by atoms with Crippen LogP contribution in [0.5, 0.6) is 5.75 Å². The summed E-state index contributed by atoms with van der Waals surface area (Å²) in [4.78, 5) is 0. The van der Waals surface area contributed by atoms with Crippen molar-refractivity contribution in [2.45, 2.75) is 32.7 Å². The molecule has 0 aromatic heterocycles. The molecule has 0 amide bonds. The van der Waals surface area contributed by atoms with E-state index in [1.807, 2.05) is 6.07 Å². The molecule has 0 heterocycles. The summed E-state index contributed by atoms with van der Waals surface area (Å²) in [5.41, 5.74) is 4.13. The van der Waals surface area contributed by atoms with Crippen molar-refractivity contribution in [3.63, 3.8) is 0 Å². The number of aryl methyl sites for hydroxylation is 1. The highest BCUT2D eigenvalue weighted by Gasteiger charge is 2.14. The lowest BCUT2D eigenvalue weighted by Gasteiger charge is -2.21. The van der Waals surface area contributed by atoms with Gasteiger partial charge in [-0.1, -0.05) is 50.2 Å². The van der Waals surface area contributed by atoms with Gasteiger partial charge in [0.15, 0.2) is 0 Å². The topological polar surface area (TPSA) is 21.3 Å². The summed E-state index contributed by atoms with van der Waals surface area (Å²) in [5, 5.41) is 3.62. The Hall–Kier alpha value is -1.80. The van der Waals surface area contributed by atoms with Gasteiger partial charge in [-0.15, -0.1) is 0 Å². The van der Waals surface area contributed by atoms with Crippen LogP contribution in [0.2, 0.25) is 0 Å². The average Bonchev–Trinajstić information content (AvgIpc) is 2.54. The van der Waals surface area contributed by atoms with Gasteiger partial charge in [-0.3, -0.25) is 0 Å². The Morgan fingerprint density at radius 2 is 1.86 bits per heavy atom. The summed E-state index contributed by atoms with van der Waals surface area (Å²) in [7, 11) is 1.72. The molecule has 2 nitrogen and oxygen atoms in total. The number of likely N-dealkylation sites (N-methyl/N-ethyl adjacent to an activating group) is 1. The number of hydrogen-bond acceptors (Lipinski definition) is 2. The predicted octanol–water partition coefficient (Wildman–Crippen LogP) is 4.15. The van der Waals surface area contributed by atoms with Gasteiger partial charge >= 0.3 is 0 Å². The Morgan fingerprint density at radius 3 is 2.57 bits per heavy atom. The molecule has 0 fully saturated rings. The maximum Gasteiger partial charge on any atom is 0.119 e. The summed E-state index contributed by atoms with van der Waals surface area (Å²) in [6.07, 6.45) is 2.04. The van der Waals surface area contributed by atoms with E-state index in [1.54, 1.807) is 7.11 Å². The summed E-state index contributed by atoms with van der Waals surface area (Å²) < 4.78 is 5.33. The lowest BCUT2D eigenvalue weighted by atomic mass is 9.93. The van der Waals surface area contributed by atoms with E-state index in [2.05, 4.69) is 61.6 Å². The number of nitrogens with one attached hydrogen (secondary N) is 1. The molecular weight excluding hydrogens is 258 g/mol. The van der Waals surface area contributed by atoms with E-state index in [9.17, 15) is 0 Å². The second-order valence-electron chi connectivity index (χ2n) is 5.22. The van der Waals surface area contributed by atoms with Crippen LogP contribution in [-0.4, -0.2) is 13.7 Å². The van der Waals surface area contributed by atoms with Gasteiger partial charge in [0, 0.05) is 6.04 Å². The molecule has 0 saturated heterocycles. The monoisotopic (exact) mass is 283 g/mol. The van der Waals surface area contributed by atoms with Crippen molar-refractivity contribution in [3.8, 4) is 5.75 Å². The molecule has 2 aromatic carbocycles. The Kier molecular flexibility index (Phi) is 5.82. The Balaban J connectivity index is 2.26. The second kappa shape index (κ2) is 7.84. The summed E-state index contributed by atoms with van der Waals surface area (Å²) in [6, 6.07) is 17.4. The van der Waals surface area contributed by atoms with Crippen molar-refractivity contribution in [1.82, 2.24) is 5.32 Å². The molecule has 0 radical (unpaired) electrons. The molecule has 2 rings (SSSR count). The van der Waals surface area contributed by atoms with E-state index in [4.69, 9.17) is 4.74 Å². The van der Waals surface area contributed by atoms with Crippen molar-refractivity contribution >= 4 is 0 Å². The van der Waals surface area contributed by atoms with Crippen LogP contribution in [0.1, 0.15) is 36.6 Å². The number of ether oxygens (including phenoxy) is 1. The Morgan fingerprint density at radius 1 is 1.05 bits per heavy atom. The van der Waals surface area contributed by atoms with E-state index in [1.165, 1.54) is 16.7 Å². The van der Waals surface area contributed by atoms with Gasteiger partial charge in [0.1, 0.15) is 5.75 Å². The van der Waals surface area contributed by atoms with Gasteiger partial charge in [-0.05, 0) is 48.2 Å². The van der Waals surface area contributed by atoms with Crippen molar-refractivity contribution in [2.24, 2.45) is 0 Å². The minimum atomic E-state index is 0.346. The summed E-state index contributed by atoms with van der Waals surface area (Å²) >= 11 is 0. The molecule has 0 aliphatic carbocycles. The maximum absolute atomic E-state index is 5.33. The van der Waals surface area contributed by atoms with E-state index >= 15 is 0 Å². The lowest BCUT2D eigenvalue weighted by molar-refractivity contribution is 0.414. The van der Waals surface area contributed by atoms with Gasteiger partial charge < -0.3 is 10.1 Å². The maximum atomic E-state index is 5.33. The first-order valence-corrected chi connectivity index (χ1v) is 7.72. The molecule has 2 heteroatoms. The molecule has 112 valence electrons. The molecule has 1 atom stereocenters. The number of rotatable bonds is 7. The largest absolute Gasteiger partial charge is 0.497 e. The van der Waals surface area contributed by atoms with E-state index in [-0.39, 0.29) is 0 Å². The van der Waals surface area contributed by atoms with Gasteiger partial charge in [0.2, 0.25) is 0 Å². The summed E-state index contributed by atoms with van der Waals surface area (Å²) in [5.74, 6) is 0.923. The third-order valence-corrected chi connectivity index (χ3v) is 3.84. The van der Waals surface area contributed by atoms with Crippen LogP contribution in [0.4, 0.5) is 0 Å². The van der Waals surface area contributed by atoms with Crippen LogP contribution in [0, 0.1) is 0 Å². The standard InChI is InChI=1S/C19H25NO/c1-4-16-10-6-7-12-18(16)19(20-5-2)14-15-9-8-11-17(13-15)21-3/h6-13,19-20H,4-5,14H2,1-3H3. The molecule has 0 saturated carbocycles. The molecule has 1 N–H and O–H groups in total. The molecule has 2 aromatic rings. The summed E-state index contributed by atoms with van der Waals surface area (Å²) in [6.45, 7) is 5.34. The first-order chi connectivity index (χ1) is 10.3. The fourth-order valence-electron chi connectivity index (χ4n) is 2.77. The minimum absolute atomic E-state index is 0.346. The smallest absolute Gasteiger partial charge is 0.119 e. The van der Waals surface area contributed by atoms with Gasteiger partial charge in [-0.2, -0.15) is 0 Å². The molecule has 0 aliphatic heterocycles. The van der Waals surface area contributed by atoms with Crippen LogP contribution in [0.3, 0.4) is 0 Å². The second-order valence-corrected chi connectivity index (χ2v) is 5.22. The normalized spacial score (nSPS) is 12.1. The highest BCUT2D eigenvalue weighted by Crippen LogP contribution is 2.24. The van der Waals surface area contributed by atoms with Crippen LogP contribution in [0.25, 0.3) is 0 Å². The zero-order valence-electron chi connectivity index (χ0n) is 13.2. The zero-order chi connectivity index (χ0) is 15.1. The first-order valence-electron chi connectivity index (χ1n) is 7.72. The van der Waals surface area contributed by atoms with Crippen molar-refractivity contribution in [1.29, 1.82) is 0 Å². The molecule has 0 spiro atoms. The first kappa shape index (κ1) is 15.6. The third-order valence-electron chi connectivity index (χ3n) is 3.84. The van der Waals surface area contributed by atoms with E-state index in [0.29, 0.717) is 6.04 Å². The van der Waals surface area contributed by atoms with Crippen molar-refractivity contribution < 1.29 is 4.74 Å². The Labute approximate surface area is 128 Å². The minimum Gasteiger partial charge on any atom is -0.497 e. The predicted molar refractivity (Wildman–Crippen MR) is 88.9 cm³/mol. The third kappa shape index (κ3) is 4.08. The molecule has 21 heavy (non-hydrogen) atoms. The average molecular weight is 283 g/mol. The highest BCUT2D eigenvalue weighted by atomic mass is 16.5. The SMILES string of the molecule is CCNC(Cc1cccc(OC)c1)c1ccccc1CC. The van der Waals surface area contributed by atoms with Crippen molar-refractivity contribution in [2.75, 3.05) is 13.7 Å². The van der Waals surface area contributed by atoms with Gasteiger partial charge in [0.05, 0.1) is 7.11 Å². The number of methoxy groups -OCH3 is 1. The van der Waals surface area contributed by atoms with Crippen LogP contribution >= 0.6 is 0 Å². The molecule has 0 aliphatic rings. The fourth-order valence-corrected chi connectivity index (χ4v) is 2.77. The molecular formula is C19H25NO. The molecule has 0 bridgehead atoms. The fraction of sp³-hybridized carbons (Fsp3) is 0.368. The van der Waals surface area contributed by atoms with E-state index < -0.39 is 0 Å². The number of hydrogen-bond donors (Lipinski definition) is 1. The van der Waals surface area contributed by atoms with Gasteiger partial charge in [-0.25, -0.2) is 0 Å². The van der Waals surface area contributed by atoms with Crippen molar-refractivity contribution in [3.05, 3.63) is 65.2 Å². The van der Waals surface area contributed by atoms with Gasteiger partial charge in [0.25, 0.3) is 0 Å². The van der Waals surface area contributed by atoms with Crippen LogP contribution < -0.4 is 10.1 Å². The molecule has 1 unspecified atom stereocenters. The lowest BCUT2D eigenvalue weighted by Crippen LogP contribution is -2.24. The number of benzene rings is 2. The van der Waals surface area contributed by atoms with E-state index in [0.717, 1.165) is 25.1 Å². The van der Waals surface area contributed by atoms with Crippen LogP contribution in [0.15, 0.2) is 48.5 Å². The quantitative estimate of drug-likeness (QED) is 0.824. The Bertz CT molecular complexity index is 565.